The standard InChI is InChI=1S/C19H22N6O2S2/c1-14-6-7-15(12-20-14)16-13-21-19(28-16)23-17-4-3-5-18(22-17)24-8-10-25(11-9-24)29(2,26)27/h3-7,12-13H,8-11H2,1-2H3,(H,21,22,23). The molecule has 0 aliphatic carbocycles. The number of anilines is 3. The predicted octanol–water partition coefficient (Wildman–Crippen LogP) is 2.73. The van der Waals surface area contributed by atoms with E-state index in [1.54, 1.807) is 11.3 Å². The van der Waals surface area contributed by atoms with E-state index in [1.165, 1.54) is 10.6 Å². The van der Waals surface area contributed by atoms with E-state index in [4.69, 9.17) is 0 Å². The summed E-state index contributed by atoms with van der Waals surface area (Å²) in [6.45, 7) is 4.14. The van der Waals surface area contributed by atoms with Gasteiger partial charge in [0, 0.05) is 49.8 Å². The highest BCUT2D eigenvalue weighted by Crippen LogP contribution is 2.30. The lowest BCUT2D eigenvalue weighted by molar-refractivity contribution is 0.387. The van der Waals surface area contributed by atoms with Crippen LogP contribution in [0.1, 0.15) is 5.69 Å². The Morgan fingerprint density at radius 1 is 1.03 bits per heavy atom. The van der Waals surface area contributed by atoms with Gasteiger partial charge in [0.1, 0.15) is 11.6 Å². The van der Waals surface area contributed by atoms with Crippen LogP contribution in [0.4, 0.5) is 16.8 Å². The Hall–Kier alpha value is -2.56. The lowest BCUT2D eigenvalue weighted by Crippen LogP contribution is -2.48. The summed E-state index contributed by atoms with van der Waals surface area (Å²) in [7, 11) is -3.14. The zero-order chi connectivity index (χ0) is 20.4. The van der Waals surface area contributed by atoms with E-state index in [-0.39, 0.29) is 0 Å². The molecule has 0 spiro atoms. The second-order valence-corrected chi connectivity index (χ2v) is 9.89. The molecule has 29 heavy (non-hydrogen) atoms. The average Bonchev–Trinajstić information content (AvgIpc) is 3.16. The van der Waals surface area contributed by atoms with Crippen LogP contribution in [0.15, 0.2) is 42.7 Å². The maximum atomic E-state index is 11.7. The number of nitrogens with one attached hydrogen (secondary N) is 1. The highest BCUT2D eigenvalue weighted by atomic mass is 32.2. The van der Waals surface area contributed by atoms with E-state index < -0.39 is 10.0 Å². The fourth-order valence-corrected chi connectivity index (χ4v) is 4.75. The Balaban J connectivity index is 1.44. The number of hydrogen-bond donors (Lipinski definition) is 1. The maximum absolute atomic E-state index is 11.7. The van der Waals surface area contributed by atoms with Gasteiger partial charge in [-0.1, -0.05) is 23.5 Å². The van der Waals surface area contributed by atoms with Crippen LogP contribution in [0, 0.1) is 6.92 Å². The molecule has 1 aliphatic rings. The zero-order valence-corrected chi connectivity index (χ0v) is 17.9. The van der Waals surface area contributed by atoms with Gasteiger partial charge in [-0.3, -0.25) is 4.98 Å². The van der Waals surface area contributed by atoms with Crippen molar-refractivity contribution in [2.45, 2.75) is 6.92 Å². The molecule has 0 aromatic carbocycles. The van der Waals surface area contributed by atoms with Crippen molar-refractivity contribution >= 4 is 38.1 Å². The van der Waals surface area contributed by atoms with Crippen molar-refractivity contribution in [2.75, 3.05) is 42.7 Å². The Bertz CT molecular complexity index is 1090. The molecular formula is C19H22N6O2S2. The largest absolute Gasteiger partial charge is 0.354 e. The van der Waals surface area contributed by atoms with Gasteiger partial charge in [0.15, 0.2) is 5.13 Å². The molecule has 0 saturated carbocycles. The molecule has 152 valence electrons. The van der Waals surface area contributed by atoms with Gasteiger partial charge in [-0.05, 0) is 25.1 Å². The number of pyridine rings is 2. The van der Waals surface area contributed by atoms with Crippen LogP contribution in [0.2, 0.25) is 0 Å². The summed E-state index contributed by atoms with van der Waals surface area (Å²) in [6.07, 6.45) is 4.93. The number of aryl methyl sites for hydroxylation is 1. The van der Waals surface area contributed by atoms with Gasteiger partial charge in [0.25, 0.3) is 0 Å². The summed E-state index contributed by atoms with van der Waals surface area (Å²) in [4.78, 5) is 16.6. The minimum absolute atomic E-state index is 0.471. The van der Waals surface area contributed by atoms with Gasteiger partial charge in [-0.2, -0.15) is 4.31 Å². The van der Waals surface area contributed by atoms with E-state index in [0.717, 1.165) is 27.1 Å². The molecule has 1 aliphatic heterocycles. The second kappa shape index (κ2) is 8.05. The van der Waals surface area contributed by atoms with Gasteiger partial charge in [0.2, 0.25) is 10.0 Å². The number of rotatable bonds is 5. The number of thiazole rings is 1. The third kappa shape index (κ3) is 4.72. The van der Waals surface area contributed by atoms with Crippen LogP contribution in [-0.4, -0.2) is 60.1 Å². The Kier molecular flexibility index (Phi) is 5.48. The van der Waals surface area contributed by atoms with Crippen LogP contribution in [0.3, 0.4) is 0 Å². The normalized spacial score (nSPS) is 15.4. The first-order chi connectivity index (χ1) is 13.9. The highest BCUT2D eigenvalue weighted by Gasteiger charge is 2.24. The number of nitrogens with zero attached hydrogens (tertiary/aromatic N) is 5. The maximum Gasteiger partial charge on any atom is 0.211 e. The fraction of sp³-hybridized carbons (Fsp3) is 0.316. The first kappa shape index (κ1) is 19.7. The van der Waals surface area contributed by atoms with Gasteiger partial charge in [-0.15, -0.1) is 0 Å². The Labute approximate surface area is 174 Å². The van der Waals surface area contributed by atoms with Crippen LogP contribution < -0.4 is 10.2 Å². The zero-order valence-electron chi connectivity index (χ0n) is 16.2. The second-order valence-electron chi connectivity index (χ2n) is 6.87. The number of aromatic nitrogens is 3. The summed E-state index contributed by atoms with van der Waals surface area (Å²) in [5.74, 6) is 1.53. The van der Waals surface area contributed by atoms with Crippen molar-refractivity contribution in [3.05, 3.63) is 48.4 Å². The van der Waals surface area contributed by atoms with Crippen molar-refractivity contribution in [2.24, 2.45) is 0 Å². The van der Waals surface area contributed by atoms with E-state index >= 15 is 0 Å². The number of piperazine rings is 1. The molecule has 0 atom stereocenters. The van der Waals surface area contributed by atoms with Crippen LogP contribution in [0.5, 0.6) is 0 Å². The van der Waals surface area contributed by atoms with E-state index in [0.29, 0.717) is 32.0 Å². The summed E-state index contributed by atoms with van der Waals surface area (Å²) >= 11 is 1.54. The Morgan fingerprint density at radius 2 is 1.83 bits per heavy atom. The molecule has 0 radical (unpaired) electrons. The Morgan fingerprint density at radius 3 is 2.52 bits per heavy atom. The van der Waals surface area contributed by atoms with Crippen molar-refractivity contribution in [1.29, 1.82) is 0 Å². The summed E-state index contributed by atoms with van der Waals surface area (Å²) in [5.41, 5.74) is 2.02. The highest BCUT2D eigenvalue weighted by molar-refractivity contribution is 7.88. The fourth-order valence-electron chi connectivity index (χ4n) is 3.11. The molecule has 10 heteroatoms. The monoisotopic (exact) mass is 430 g/mol. The third-order valence-electron chi connectivity index (χ3n) is 4.70. The van der Waals surface area contributed by atoms with Crippen LogP contribution >= 0.6 is 11.3 Å². The smallest absolute Gasteiger partial charge is 0.211 e. The van der Waals surface area contributed by atoms with Crippen molar-refractivity contribution in [3.63, 3.8) is 0 Å². The topological polar surface area (TPSA) is 91.3 Å². The van der Waals surface area contributed by atoms with E-state index in [1.807, 2.05) is 49.6 Å². The quantitative estimate of drug-likeness (QED) is 0.665. The first-order valence-corrected chi connectivity index (χ1v) is 11.9. The molecule has 3 aromatic heterocycles. The SMILES string of the molecule is Cc1ccc(-c2cnc(Nc3cccc(N4CCN(S(C)(=O)=O)CC4)n3)s2)cn1. The molecule has 4 heterocycles. The van der Waals surface area contributed by atoms with Gasteiger partial charge < -0.3 is 10.2 Å². The minimum Gasteiger partial charge on any atom is -0.354 e. The summed E-state index contributed by atoms with van der Waals surface area (Å²) < 4.78 is 24.9. The molecule has 8 nitrogen and oxygen atoms in total. The lowest BCUT2D eigenvalue weighted by atomic mass is 10.2. The summed E-state index contributed by atoms with van der Waals surface area (Å²) in [5, 5.41) is 4.02. The van der Waals surface area contributed by atoms with E-state index in [2.05, 4.69) is 25.2 Å². The molecule has 0 unspecified atom stereocenters. The molecule has 3 aromatic rings. The molecular weight excluding hydrogens is 408 g/mol. The van der Waals surface area contributed by atoms with Gasteiger partial charge in [0.05, 0.1) is 11.1 Å². The van der Waals surface area contributed by atoms with Crippen molar-refractivity contribution < 1.29 is 8.42 Å². The molecule has 0 bridgehead atoms. The minimum atomic E-state index is -3.14. The average molecular weight is 431 g/mol. The molecule has 1 fully saturated rings. The van der Waals surface area contributed by atoms with Gasteiger partial charge in [-0.25, -0.2) is 18.4 Å². The molecule has 0 amide bonds. The van der Waals surface area contributed by atoms with Crippen molar-refractivity contribution in [1.82, 2.24) is 19.3 Å². The predicted molar refractivity (Wildman–Crippen MR) is 116 cm³/mol. The third-order valence-corrected chi connectivity index (χ3v) is 6.97. The summed E-state index contributed by atoms with van der Waals surface area (Å²) in [6, 6.07) is 9.79. The number of hydrogen-bond acceptors (Lipinski definition) is 8. The van der Waals surface area contributed by atoms with Gasteiger partial charge >= 0.3 is 0 Å². The lowest BCUT2D eigenvalue weighted by Gasteiger charge is -2.34. The van der Waals surface area contributed by atoms with Crippen molar-refractivity contribution in [3.8, 4) is 10.4 Å². The molecule has 1 saturated heterocycles. The van der Waals surface area contributed by atoms with E-state index in [9.17, 15) is 8.42 Å². The first-order valence-electron chi connectivity index (χ1n) is 9.21. The molecule has 1 N–H and O–H groups in total. The van der Waals surface area contributed by atoms with Crippen LogP contribution in [-0.2, 0) is 10.0 Å². The van der Waals surface area contributed by atoms with Crippen LogP contribution in [0.25, 0.3) is 10.4 Å². The number of sulfonamides is 1. The molecule has 4 rings (SSSR count).